The van der Waals surface area contributed by atoms with Crippen LogP contribution in [0.3, 0.4) is 0 Å². The third kappa shape index (κ3) is 4.75. The van der Waals surface area contributed by atoms with Gasteiger partial charge in [-0.15, -0.1) is 0 Å². The number of nitrogens with one attached hydrogen (secondary N) is 2. The summed E-state index contributed by atoms with van der Waals surface area (Å²) in [7, 11) is -3.43. The largest absolute Gasteiger partial charge is 0.313 e. The van der Waals surface area contributed by atoms with Crippen LogP contribution in [0.25, 0.3) is 0 Å². The zero-order valence-corrected chi connectivity index (χ0v) is 12.3. The highest BCUT2D eigenvalue weighted by molar-refractivity contribution is 9.10. The lowest BCUT2D eigenvalue weighted by molar-refractivity contribution is 0.559. The molecule has 17 heavy (non-hydrogen) atoms. The molecule has 0 aromatic heterocycles. The molecular formula is C11H17BrN2O2S. The van der Waals surface area contributed by atoms with Gasteiger partial charge in [0.2, 0.25) is 10.0 Å². The highest BCUT2D eigenvalue weighted by Crippen LogP contribution is 2.20. The van der Waals surface area contributed by atoms with Crippen molar-refractivity contribution in [3.63, 3.8) is 0 Å². The lowest BCUT2D eigenvalue weighted by Gasteiger charge is -2.10. The molecule has 1 rings (SSSR count). The molecule has 0 spiro atoms. The number of rotatable bonds is 6. The monoisotopic (exact) mass is 320 g/mol. The summed E-state index contributed by atoms with van der Waals surface area (Å²) in [4.78, 5) is 0.268. The molecule has 4 nitrogen and oxygen atoms in total. The van der Waals surface area contributed by atoms with Crippen LogP contribution in [0, 0.1) is 0 Å². The summed E-state index contributed by atoms with van der Waals surface area (Å²) in [5, 5.41) is 3.15. The Bertz CT molecular complexity index is 460. The maximum atomic E-state index is 11.9. The Kier molecular flexibility index (Phi) is 5.58. The average molecular weight is 321 g/mol. The van der Waals surface area contributed by atoms with Crippen molar-refractivity contribution in [3.8, 4) is 0 Å². The highest BCUT2D eigenvalue weighted by atomic mass is 79.9. The first-order chi connectivity index (χ1) is 7.93. The summed E-state index contributed by atoms with van der Waals surface area (Å²) in [5.74, 6) is 0. The smallest absolute Gasteiger partial charge is 0.241 e. The topological polar surface area (TPSA) is 58.2 Å². The van der Waals surface area contributed by atoms with E-state index in [9.17, 15) is 8.42 Å². The molecule has 96 valence electrons. The van der Waals surface area contributed by atoms with Gasteiger partial charge in [-0.25, -0.2) is 13.1 Å². The molecule has 0 aliphatic heterocycles. The molecule has 2 N–H and O–H groups in total. The zero-order chi connectivity index (χ0) is 12.9. The number of sulfonamides is 1. The Morgan fingerprint density at radius 2 is 1.88 bits per heavy atom. The molecule has 0 heterocycles. The molecule has 0 unspecified atom stereocenters. The second kappa shape index (κ2) is 6.49. The second-order valence-corrected chi connectivity index (χ2v) is 6.53. The van der Waals surface area contributed by atoms with Gasteiger partial charge < -0.3 is 5.32 Å². The highest BCUT2D eigenvalue weighted by Gasteiger charge is 2.15. The van der Waals surface area contributed by atoms with Gasteiger partial charge >= 0.3 is 0 Å². The normalized spacial score (nSPS) is 12.0. The maximum Gasteiger partial charge on any atom is 0.241 e. The Hall–Kier alpha value is -0.430. The van der Waals surface area contributed by atoms with Crippen molar-refractivity contribution in [1.82, 2.24) is 10.0 Å². The average Bonchev–Trinajstić information content (AvgIpc) is 2.24. The van der Waals surface area contributed by atoms with Crippen LogP contribution in [0.5, 0.6) is 0 Å². The van der Waals surface area contributed by atoms with Crippen molar-refractivity contribution in [1.29, 1.82) is 0 Å². The van der Waals surface area contributed by atoms with E-state index in [0.29, 0.717) is 23.6 Å². The van der Waals surface area contributed by atoms with Crippen molar-refractivity contribution in [2.45, 2.75) is 24.8 Å². The summed E-state index contributed by atoms with van der Waals surface area (Å²) in [6, 6.07) is 7.11. The fourth-order valence-corrected chi connectivity index (χ4v) is 3.32. The summed E-state index contributed by atoms with van der Waals surface area (Å²) in [6.45, 7) is 5.02. The van der Waals surface area contributed by atoms with Gasteiger partial charge in [0.05, 0.1) is 4.90 Å². The van der Waals surface area contributed by atoms with Crippen LogP contribution in [-0.4, -0.2) is 27.5 Å². The molecule has 0 saturated carbocycles. The molecule has 1 aromatic carbocycles. The van der Waals surface area contributed by atoms with E-state index in [2.05, 4.69) is 26.0 Å². The lowest BCUT2D eigenvalue weighted by Crippen LogP contribution is -2.34. The second-order valence-electron chi connectivity index (χ2n) is 3.94. The van der Waals surface area contributed by atoms with Gasteiger partial charge in [0, 0.05) is 23.6 Å². The first-order valence-electron chi connectivity index (χ1n) is 5.41. The third-order valence-electron chi connectivity index (χ3n) is 2.10. The molecule has 1 aromatic rings. The molecule has 0 radical (unpaired) electrons. The van der Waals surface area contributed by atoms with E-state index in [1.165, 1.54) is 0 Å². The van der Waals surface area contributed by atoms with Crippen LogP contribution in [0.4, 0.5) is 0 Å². The first-order valence-corrected chi connectivity index (χ1v) is 7.68. The van der Waals surface area contributed by atoms with Crippen molar-refractivity contribution in [2.75, 3.05) is 13.1 Å². The van der Waals surface area contributed by atoms with E-state index in [-0.39, 0.29) is 4.90 Å². The number of halogens is 1. The molecule has 0 fully saturated rings. The van der Waals surface area contributed by atoms with Crippen LogP contribution in [0.2, 0.25) is 0 Å². The Labute approximate surface area is 111 Å². The van der Waals surface area contributed by atoms with Gasteiger partial charge in [-0.2, -0.15) is 0 Å². The molecule has 0 atom stereocenters. The Morgan fingerprint density at radius 3 is 2.47 bits per heavy atom. The number of benzene rings is 1. The molecule has 6 heteroatoms. The van der Waals surface area contributed by atoms with E-state index in [4.69, 9.17) is 0 Å². The van der Waals surface area contributed by atoms with Crippen LogP contribution in [0.15, 0.2) is 33.6 Å². The molecule has 0 bridgehead atoms. The summed E-state index contributed by atoms with van der Waals surface area (Å²) in [6.07, 6.45) is 0. The molecule has 0 saturated heterocycles. The fourth-order valence-electron chi connectivity index (χ4n) is 1.29. The van der Waals surface area contributed by atoms with Gasteiger partial charge in [-0.1, -0.05) is 26.0 Å². The van der Waals surface area contributed by atoms with Crippen molar-refractivity contribution >= 4 is 26.0 Å². The van der Waals surface area contributed by atoms with E-state index >= 15 is 0 Å². The number of hydrogen-bond donors (Lipinski definition) is 2. The minimum Gasteiger partial charge on any atom is -0.313 e. The van der Waals surface area contributed by atoms with Gasteiger partial charge in [0.15, 0.2) is 0 Å². The standard InChI is InChI=1S/C11H17BrN2O2S/c1-9(2)13-7-8-14-17(15,16)11-6-4-3-5-10(11)12/h3-6,9,13-14H,7-8H2,1-2H3. The fraction of sp³-hybridized carbons (Fsp3) is 0.455. The van der Waals surface area contributed by atoms with Crippen LogP contribution < -0.4 is 10.0 Å². The summed E-state index contributed by atoms with van der Waals surface area (Å²) >= 11 is 3.23. The SMILES string of the molecule is CC(C)NCCNS(=O)(=O)c1ccccc1Br. The predicted molar refractivity (Wildman–Crippen MR) is 72.5 cm³/mol. The van der Waals surface area contributed by atoms with E-state index in [0.717, 1.165) is 0 Å². The summed E-state index contributed by atoms with van der Waals surface area (Å²) in [5.41, 5.74) is 0. The van der Waals surface area contributed by atoms with Crippen LogP contribution in [0.1, 0.15) is 13.8 Å². The van der Waals surface area contributed by atoms with Crippen molar-refractivity contribution < 1.29 is 8.42 Å². The minimum absolute atomic E-state index is 0.268. The van der Waals surface area contributed by atoms with Gasteiger partial charge in [0.1, 0.15) is 0 Å². The molecule has 0 amide bonds. The van der Waals surface area contributed by atoms with E-state index in [1.54, 1.807) is 24.3 Å². The Morgan fingerprint density at radius 1 is 1.24 bits per heavy atom. The van der Waals surface area contributed by atoms with Gasteiger partial charge in [-0.3, -0.25) is 0 Å². The van der Waals surface area contributed by atoms with Crippen molar-refractivity contribution in [3.05, 3.63) is 28.7 Å². The van der Waals surface area contributed by atoms with Crippen LogP contribution >= 0.6 is 15.9 Å². The lowest BCUT2D eigenvalue weighted by atomic mass is 10.4. The molecular weight excluding hydrogens is 304 g/mol. The third-order valence-corrected chi connectivity index (χ3v) is 4.57. The zero-order valence-electron chi connectivity index (χ0n) is 9.90. The Balaban J connectivity index is 2.61. The van der Waals surface area contributed by atoms with Crippen LogP contribution in [-0.2, 0) is 10.0 Å². The van der Waals surface area contributed by atoms with E-state index in [1.807, 2.05) is 13.8 Å². The first kappa shape index (κ1) is 14.6. The van der Waals surface area contributed by atoms with Gasteiger partial charge in [-0.05, 0) is 28.1 Å². The van der Waals surface area contributed by atoms with Crippen molar-refractivity contribution in [2.24, 2.45) is 0 Å². The van der Waals surface area contributed by atoms with E-state index < -0.39 is 10.0 Å². The number of hydrogen-bond acceptors (Lipinski definition) is 3. The quantitative estimate of drug-likeness (QED) is 0.785. The predicted octanol–water partition coefficient (Wildman–Crippen LogP) is 1.73. The maximum absolute atomic E-state index is 11.9. The molecule has 0 aliphatic rings. The molecule has 0 aliphatic carbocycles. The minimum atomic E-state index is -3.43. The van der Waals surface area contributed by atoms with Gasteiger partial charge in [0.25, 0.3) is 0 Å². The summed E-state index contributed by atoms with van der Waals surface area (Å²) < 4.78 is 27.0.